The zero-order valence-corrected chi connectivity index (χ0v) is 9.05. The standard InChI is InChI=1S/C11H18O2/c1-6(12)7-8(10(7,2)3)9-11(4,5)13-9/h7-9H,1-5H3. The molecule has 1 heterocycles. The zero-order valence-electron chi connectivity index (χ0n) is 9.05. The average Bonchev–Trinajstić information content (AvgIpc) is 2.68. The van der Waals surface area contributed by atoms with Gasteiger partial charge in [-0.05, 0) is 26.2 Å². The van der Waals surface area contributed by atoms with Crippen LogP contribution in [0.15, 0.2) is 0 Å². The van der Waals surface area contributed by atoms with Gasteiger partial charge >= 0.3 is 0 Å². The lowest BCUT2D eigenvalue weighted by Crippen LogP contribution is -2.08. The number of epoxide rings is 1. The molecular formula is C11H18O2. The lowest BCUT2D eigenvalue weighted by molar-refractivity contribution is -0.119. The Hall–Kier alpha value is -0.370. The smallest absolute Gasteiger partial charge is 0.133 e. The van der Waals surface area contributed by atoms with Gasteiger partial charge in [-0.1, -0.05) is 13.8 Å². The Bertz CT molecular complexity index is 265. The van der Waals surface area contributed by atoms with Crippen LogP contribution in [-0.4, -0.2) is 17.5 Å². The van der Waals surface area contributed by atoms with E-state index < -0.39 is 0 Å². The van der Waals surface area contributed by atoms with Crippen LogP contribution < -0.4 is 0 Å². The highest BCUT2D eigenvalue weighted by Crippen LogP contribution is 2.66. The first-order valence-corrected chi connectivity index (χ1v) is 4.97. The van der Waals surface area contributed by atoms with Crippen molar-refractivity contribution in [1.29, 1.82) is 0 Å². The van der Waals surface area contributed by atoms with E-state index in [2.05, 4.69) is 27.7 Å². The van der Waals surface area contributed by atoms with E-state index in [9.17, 15) is 4.79 Å². The maximum atomic E-state index is 11.3. The summed E-state index contributed by atoms with van der Waals surface area (Å²) in [6, 6.07) is 0. The number of carbonyl (C=O) groups is 1. The average molecular weight is 182 g/mol. The molecule has 0 aromatic rings. The molecule has 2 nitrogen and oxygen atoms in total. The van der Waals surface area contributed by atoms with Gasteiger partial charge in [-0.2, -0.15) is 0 Å². The molecule has 1 saturated heterocycles. The first-order valence-electron chi connectivity index (χ1n) is 4.97. The lowest BCUT2D eigenvalue weighted by atomic mass is 10.0. The first kappa shape index (κ1) is 9.20. The molecule has 0 aromatic carbocycles. The van der Waals surface area contributed by atoms with Gasteiger partial charge in [0.05, 0.1) is 11.7 Å². The van der Waals surface area contributed by atoms with Crippen LogP contribution in [0.5, 0.6) is 0 Å². The number of hydrogen-bond acceptors (Lipinski definition) is 2. The molecule has 1 aliphatic heterocycles. The molecular weight excluding hydrogens is 164 g/mol. The number of hydrogen-bond donors (Lipinski definition) is 0. The van der Waals surface area contributed by atoms with Gasteiger partial charge in [-0.15, -0.1) is 0 Å². The van der Waals surface area contributed by atoms with E-state index >= 15 is 0 Å². The van der Waals surface area contributed by atoms with E-state index in [0.29, 0.717) is 17.8 Å². The van der Waals surface area contributed by atoms with Crippen molar-refractivity contribution in [3.63, 3.8) is 0 Å². The fourth-order valence-corrected chi connectivity index (χ4v) is 2.82. The molecule has 0 amide bonds. The van der Waals surface area contributed by atoms with E-state index in [1.165, 1.54) is 0 Å². The van der Waals surface area contributed by atoms with Crippen LogP contribution in [0.1, 0.15) is 34.6 Å². The van der Waals surface area contributed by atoms with Crippen LogP contribution in [0, 0.1) is 17.3 Å². The monoisotopic (exact) mass is 182 g/mol. The van der Waals surface area contributed by atoms with Crippen LogP contribution in [-0.2, 0) is 9.53 Å². The number of ketones is 1. The largest absolute Gasteiger partial charge is 0.366 e. The summed E-state index contributed by atoms with van der Waals surface area (Å²) in [6.07, 6.45) is 0.316. The van der Waals surface area contributed by atoms with Gasteiger partial charge in [0, 0.05) is 11.8 Å². The summed E-state index contributed by atoms with van der Waals surface area (Å²) < 4.78 is 5.59. The molecule has 2 fully saturated rings. The molecule has 2 aliphatic rings. The number of ether oxygens (including phenoxy) is 1. The molecule has 1 aliphatic carbocycles. The minimum Gasteiger partial charge on any atom is -0.366 e. The highest BCUT2D eigenvalue weighted by Gasteiger charge is 2.71. The Morgan fingerprint density at radius 2 is 1.69 bits per heavy atom. The molecule has 0 spiro atoms. The topological polar surface area (TPSA) is 29.6 Å². The highest BCUT2D eigenvalue weighted by molar-refractivity contribution is 5.83. The Labute approximate surface area is 79.7 Å². The fourth-order valence-electron chi connectivity index (χ4n) is 2.82. The summed E-state index contributed by atoms with van der Waals surface area (Å²) in [5, 5.41) is 0. The molecule has 0 bridgehead atoms. The summed E-state index contributed by atoms with van der Waals surface area (Å²) in [4.78, 5) is 11.3. The van der Waals surface area contributed by atoms with E-state index in [4.69, 9.17) is 4.74 Å². The van der Waals surface area contributed by atoms with Crippen LogP contribution in [0.2, 0.25) is 0 Å². The number of carbonyl (C=O) groups excluding carboxylic acids is 1. The van der Waals surface area contributed by atoms with Gasteiger partial charge in [0.1, 0.15) is 5.78 Å². The maximum absolute atomic E-state index is 11.3. The van der Waals surface area contributed by atoms with Crippen molar-refractivity contribution in [2.75, 3.05) is 0 Å². The van der Waals surface area contributed by atoms with Crippen LogP contribution in [0.3, 0.4) is 0 Å². The SMILES string of the molecule is CC(=O)C1C(C2OC2(C)C)C1(C)C. The van der Waals surface area contributed by atoms with E-state index in [0.717, 1.165) is 0 Å². The second kappa shape index (κ2) is 2.17. The number of rotatable bonds is 2. The summed E-state index contributed by atoms with van der Waals surface area (Å²) in [7, 11) is 0. The normalized spacial score (nSPS) is 44.2. The van der Waals surface area contributed by atoms with Crippen molar-refractivity contribution in [2.45, 2.75) is 46.3 Å². The van der Waals surface area contributed by atoms with Gasteiger partial charge in [0.2, 0.25) is 0 Å². The zero-order chi connectivity index (χ0) is 10.0. The van der Waals surface area contributed by atoms with Crippen molar-refractivity contribution in [3.8, 4) is 0 Å². The lowest BCUT2D eigenvalue weighted by Gasteiger charge is -1.99. The van der Waals surface area contributed by atoms with E-state index in [1.807, 2.05) is 0 Å². The second-order valence-corrected chi connectivity index (χ2v) is 5.58. The second-order valence-electron chi connectivity index (χ2n) is 5.58. The van der Waals surface area contributed by atoms with E-state index in [-0.39, 0.29) is 16.9 Å². The summed E-state index contributed by atoms with van der Waals surface area (Å²) in [5.41, 5.74) is 0.191. The van der Waals surface area contributed by atoms with Gasteiger partial charge in [-0.3, -0.25) is 4.79 Å². The molecule has 13 heavy (non-hydrogen) atoms. The Morgan fingerprint density at radius 3 is 1.92 bits per heavy atom. The van der Waals surface area contributed by atoms with Gasteiger partial charge in [-0.25, -0.2) is 0 Å². The summed E-state index contributed by atoms with van der Waals surface area (Å²) in [5.74, 6) is 1.01. The van der Waals surface area contributed by atoms with E-state index in [1.54, 1.807) is 6.92 Å². The molecule has 3 unspecified atom stereocenters. The molecule has 0 N–H and O–H groups in total. The highest BCUT2D eigenvalue weighted by atomic mass is 16.6. The van der Waals surface area contributed by atoms with Crippen LogP contribution in [0.4, 0.5) is 0 Å². The fraction of sp³-hybridized carbons (Fsp3) is 0.909. The first-order chi connectivity index (χ1) is 5.78. The third-order valence-corrected chi connectivity index (χ3v) is 3.73. The third-order valence-electron chi connectivity index (χ3n) is 3.73. The quantitative estimate of drug-likeness (QED) is 0.611. The molecule has 0 aromatic heterocycles. The summed E-state index contributed by atoms with van der Waals surface area (Å²) in [6.45, 7) is 10.2. The van der Waals surface area contributed by atoms with Gasteiger partial charge in [0.25, 0.3) is 0 Å². The molecule has 2 heteroatoms. The van der Waals surface area contributed by atoms with Crippen molar-refractivity contribution in [1.82, 2.24) is 0 Å². The minimum absolute atomic E-state index is 0.0200. The van der Waals surface area contributed by atoms with Crippen LogP contribution in [0.25, 0.3) is 0 Å². The molecule has 74 valence electrons. The third kappa shape index (κ3) is 1.15. The predicted octanol–water partition coefficient (Wildman–Crippen LogP) is 2.02. The van der Waals surface area contributed by atoms with Crippen LogP contribution >= 0.6 is 0 Å². The maximum Gasteiger partial charge on any atom is 0.133 e. The molecule has 3 atom stereocenters. The predicted molar refractivity (Wildman–Crippen MR) is 50.4 cm³/mol. The van der Waals surface area contributed by atoms with Gasteiger partial charge < -0.3 is 4.74 Å². The molecule has 0 radical (unpaired) electrons. The summed E-state index contributed by atoms with van der Waals surface area (Å²) >= 11 is 0. The number of Topliss-reactive ketones (excluding diaryl/α,β-unsaturated/α-hetero) is 1. The minimum atomic E-state index is 0.0200. The Balaban J connectivity index is 2.09. The van der Waals surface area contributed by atoms with Gasteiger partial charge in [0.15, 0.2) is 0 Å². The van der Waals surface area contributed by atoms with Crippen molar-refractivity contribution in [3.05, 3.63) is 0 Å². The van der Waals surface area contributed by atoms with Crippen molar-refractivity contribution >= 4 is 5.78 Å². The Morgan fingerprint density at radius 1 is 1.23 bits per heavy atom. The molecule has 2 rings (SSSR count). The Kier molecular flexibility index (Phi) is 1.53. The van der Waals surface area contributed by atoms with Crippen molar-refractivity contribution in [2.24, 2.45) is 17.3 Å². The van der Waals surface area contributed by atoms with Crippen molar-refractivity contribution < 1.29 is 9.53 Å². The molecule has 1 saturated carbocycles.